The minimum absolute atomic E-state index is 0.0250. The van der Waals surface area contributed by atoms with Crippen LogP contribution in [0.5, 0.6) is 0 Å². The molecule has 2 heterocycles. The lowest BCUT2D eigenvalue weighted by Gasteiger charge is -2.17. The molecule has 1 aromatic carbocycles. The molecule has 4 N–H and O–H groups in total. The van der Waals surface area contributed by atoms with E-state index in [1.807, 2.05) is 24.3 Å². The summed E-state index contributed by atoms with van der Waals surface area (Å²) in [7, 11) is 0. The lowest BCUT2D eigenvalue weighted by Crippen LogP contribution is -2.27. The van der Waals surface area contributed by atoms with Crippen molar-refractivity contribution in [3.63, 3.8) is 0 Å². The van der Waals surface area contributed by atoms with Gasteiger partial charge in [0.2, 0.25) is 5.91 Å². The predicted molar refractivity (Wildman–Crippen MR) is 78.7 cm³/mol. The van der Waals surface area contributed by atoms with Gasteiger partial charge in [0.1, 0.15) is 0 Å². The Labute approximate surface area is 117 Å². The molecular weight excluding hydrogens is 252 g/mol. The second kappa shape index (κ2) is 5.09. The summed E-state index contributed by atoms with van der Waals surface area (Å²) in [5, 5.41) is 0.982. The molecule has 1 unspecified atom stereocenters. The molecule has 0 radical (unpaired) electrons. The summed E-state index contributed by atoms with van der Waals surface area (Å²) in [5.74, 6) is -0.226. The van der Waals surface area contributed by atoms with Gasteiger partial charge in [0.05, 0.1) is 11.4 Å². The summed E-state index contributed by atoms with van der Waals surface area (Å²) in [6.45, 7) is 2.40. The van der Waals surface area contributed by atoms with Gasteiger partial charge in [-0.2, -0.15) is 0 Å². The molecular formula is C15H18N4O. The summed E-state index contributed by atoms with van der Waals surface area (Å²) in [4.78, 5) is 17.9. The Morgan fingerprint density at radius 2 is 2.25 bits per heavy atom. The lowest BCUT2D eigenvalue weighted by atomic mass is 10.1. The van der Waals surface area contributed by atoms with E-state index in [1.54, 1.807) is 6.20 Å². The number of hydrogen-bond donors (Lipinski definition) is 2. The lowest BCUT2D eigenvalue weighted by molar-refractivity contribution is -0.121. The van der Waals surface area contributed by atoms with Crippen molar-refractivity contribution in [2.45, 2.75) is 13.0 Å². The highest BCUT2D eigenvalue weighted by molar-refractivity contribution is 5.92. The Hall–Kier alpha value is -2.14. The van der Waals surface area contributed by atoms with Gasteiger partial charge in [0.25, 0.3) is 0 Å². The second-order valence-electron chi connectivity index (χ2n) is 5.34. The summed E-state index contributed by atoms with van der Waals surface area (Å²) < 4.78 is 0. The average Bonchev–Trinajstić information content (AvgIpc) is 2.91. The smallest absolute Gasteiger partial charge is 0.221 e. The maximum absolute atomic E-state index is 11.2. The van der Waals surface area contributed by atoms with Crippen LogP contribution in [0.15, 0.2) is 30.5 Å². The number of anilines is 1. The number of carbonyl (C=O) groups is 1. The number of aromatic nitrogens is 1. The van der Waals surface area contributed by atoms with Gasteiger partial charge in [0, 0.05) is 30.4 Å². The Balaban J connectivity index is 1.85. The van der Waals surface area contributed by atoms with E-state index in [9.17, 15) is 4.79 Å². The maximum atomic E-state index is 11.2. The first kappa shape index (κ1) is 12.9. The van der Waals surface area contributed by atoms with Gasteiger partial charge < -0.3 is 11.5 Å². The largest absolute Gasteiger partial charge is 0.398 e. The van der Waals surface area contributed by atoms with E-state index in [1.165, 1.54) is 0 Å². The number of hydrogen-bond acceptors (Lipinski definition) is 4. The molecule has 1 aliphatic heterocycles. The number of benzene rings is 1. The summed E-state index contributed by atoms with van der Waals surface area (Å²) >= 11 is 0. The first-order valence-electron chi connectivity index (χ1n) is 6.79. The minimum atomic E-state index is -0.201. The standard InChI is InChI=1S/C15H18N4O/c16-13-4-3-10(14-12(13)2-1-6-18-14)8-19-7-5-11(9-19)15(17)20/h1-4,6,11H,5,7-9,16H2,(H2,17,20). The molecule has 0 aliphatic carbocycles. The van der Waals surface area contributed by atoms with Crippen LogP contribution in [0.3, 0.4) is 0 Å². The third-order valence-corrected chi connectivity index (χ3v) is 3.96. The van der Waals surface area contributed by atoms with E-state index in [0.717, 1.165) is 48.2 Å². The van der Waals surface area contributed by atoms with Crippen LogP contribution < -0.4 is 11.5 Å². The van der Waals surface area contributed by atoms with Crippen molar-refractivity contribution in [3.05, 3.63) is 36.0 Å². The zero-order chi connectivity index (χ0) is 14.1. The molecule has 1 saturated heterocycles. The number of pyridine rings is 1. The molecule has 0 bridgehead atoms. The van der Waals surface area contributed by atoms with Crippen LogP contribution in [0.1, 0.15) is 12.0 Å². The zero-order valence-electron chi connectivity index (χ0n) is 11.2. The number of amides is 1. The molecule has 20 heavy (non-hydrogen) atoms. The molecule has 104 valence electrons. The third kappa shape index (κ3) is 2.32. The zero-order valence-corrected chi connectivity index (χ0v) is 11.2. The number of nitrogens with zero attached hydrogens (tertiary/aromatic N) is 2. The first-order chi connectivity index (χ1) is 9.65. The number of primary amides is 1. The summed E-state index contributed by atoms with van der Waals surface area (Å²) in [6, 6.07) is 7.81. The highest BCUT2D eigenvalue weighted by atomic mass is 16.1. The van der Waals surface area contributed by atoms with Crippen LogP contribution in [-0.4, -0.2) is 28.9 Å². The Morgan fingerprint density at radius 3 is 3.00 bits per heavy atom. The van der Waals surface area contributed by atoms with Crippen molar-refractivity contribution < 1.29 is 4.79 Å². The van der Waals surface area contributed by atoms with Crippen molar-refractivity contribution in [1.82, 2.24) is 9.88 Å². The molecule has 3 rings (SSSR count). The number of rotatable bonds is 3. The Bertz CT molecular complexity index is 655. The first-order valence-corrected chi connectivity index (χ1v) is 6.79. The molecule has 5 nitrogen and oxygen atoms in total. The molecule has 2 aromatic rings. The van der Waals surface area contributed by atoms with Gasteiger partial charge in [-0.3, -0.25) is 14.7 Å². The summed E-state index contributed by atoms with van der Waals surface area (Å²) in [5.41, 5.74) is 14.2. The molecule has 1 aliphatic rings. The van der Waals surface area contributed by atoms with Crippen molar-refractivity contribution >= 4 is 22.5 Å². The molecule has 0 saturated carbocycles. The second-order valence-corrected chi connectivity index (χ2v) is 5.34. The Kier molecular flexibility index (Phi) is 3.28. The van der Waals surface area contributed by atoms with Gasteiger partial charge >= 0.3 is 0 Å². The van der Waals surface area contributed by atoms with Crippen LogP contribution in [0, 0.1) is 5.92 Å². The van der Waals surface area contributed by atoms with Crippen LogP contribution in [-0.2, 0) is 11.3 Å². The fourth-order valence-electron chi connectivity index (χ4n) is 2.83. The molecule has 1 fully saturated rings. The van der Waals surface area contributed by atoms with Gasteiger partial charge in [-0.1, -0.05) is 6.07 Å². The van der Waals surface area contributed by atoms with Gasteiger partial charge in [-0.15, -0.1) is 0 Å². The van der Waals surface area contributed by atoms with E-state index >= 15 is 0 Å². The van der Waals surface area contributed by atoms with Crippen LogP contribution in [0.4, 0.5) is 5.69 Å². The predicted octanol–water partition coefficient (Wildman–Crippen LogP) is 1.12. The molecule has 0 spiro atoms. The van der Waals surface area contributed by atoms with Gasteiger partial charge in [-0.25, -0.2) is 0 Å². The van der Waals surface area contributed by atoms with Crippen molar-refractivity contribution in [2.24, 2.45) is 11.7 Å². The highest BCUT2D eigenvalue weighted by Crippen LogP contribution is 2.25. The number of nitrogens with two attached hydrogens (primary N) is 2. The quantitative estimate of drug-likeness (QED) is 0.819. The highest BCUT2D eigenvalue weighted by Gasteiger charge is 2.26. The SMILES string of the molecule is NC(=O)C1CCN(Cc2ccc(N)c3cccnc23)C1. The van der Waals surface area contributed by atoms with Crippen LogP contribution in [0.2, 0.25) is 0 Å². The number of carbonyl (C=O) groups excluding carboxylic acids is 1. The van der Waals surface area contributed by atoms with Gasteiger partial charge in [0.15, 0.2) is 0 Å². The number of likely N-dealkylation sites (tertiary alicyclic amines) is 1. The summed E-state index contributed by atoms with van der Waals surface area (Å²) in [6.07, 6.45) is 2.62. The Morgan fingerprint density at radius 1 is 1.40 bits per heavy atom. The number of fused-ring (bicyclic) bond motifs is 1. The maximum Gasteiger partial charge on any atom is 0.221 e. The molecule has 5 heteroatoms. The van der Waals surface area contributed by atoms with Gasteiger partial charge in [-0.05, 0) is 36.7 Å². The van der Waals surface area contributed by atoms with E-state index in [4.69, 9.17) is 11.5 Å². The van der Waals surface area contributed by atoms with E-state index in [0.29, 0.717) is 0 Å². The van der Waals surface area contributed by atoms with Crippen molar-refractivity contribution in [2.75, 3.05) is 18.8 Å². The number of nitrogen functional groups attached to an aromatic ring is 1. The minimum Gasteiger partial charge on any atom is -0.398 e. The monoisotopic (exact) mass is 270 g/mol. The van der Waals surface area contributed by atoms with E-state index in [2.05, 4.69) is 9.88 Å². The van der Waals surface area contributed by atoms with E-state index in [-0.39, 0.29) is 11.8 Å². The fraction of sp³-hybridized carbons (Fsp3) is 0.333. The van der Waals surface area contributed by atoms with Crippen molar-refractivity contribution in [3.8, 4) is 0 Å². The topological polar surface area (TPSA) is 85.2 Å². The van der Waals surface area contributed by atoms with Crippen molar-refractivity contribution in [1.29, 1.82) is 0 Å². The normalized spacial score (nSPS) is 19.5. The molecule has 1 amide bonds. The average molecular weight is 270 g/mol. The molecule has 1 atom stereocenters. The van der Waals surface area contributed by atoms with Crippen LogP contribution in [0.25, 0.3) is 10.9 Å². The fourth-order valence-corrected chi connectivity index (χ4v) is 2.83. The molecule has 1 aromatic heterocycles. The van der Waals surface area contributed by atoms with Crippen LogP contribution >= 0.6 is 0 Å². The third-order valence-electron chi connectivity index (χ3n) is 3.96. The van der Waals surface area contributed by atoms with E-state index < -0.39 is 0 Å².